The van der Waals surface area contributed by atoms with E-state index in [1.54, 1.807) is 12.1 Å². The van der Waals surface area contributed by atoms with E-state index < -0.39 is 15.7 Å². The molecule has 2 atom stereocenters. The number of rotatable bonds is 7. The molecule has 1 heterocycles. The summed E-state index contributed by atoms with van der Waals surface area (Å²) >= 11 is 0. The van der Waals surface area contributed by atoms with E-state index in [4.69, 9.17) is 11.5 Å². The Labute approximate surface area is 176 Å². The Balaban J connectivity index is 1.99. The lowest BCUT2D eigenvalue weighted by molar-refractivity contribution is 0.0996. The molecule has 0 aliphatic heterocycles. The maximum atomic E-state index is 12.0. The summed E-state index contributed by atoms with van der Waals surface area (Å²) in [7, 11) is -3.38. The fourth-order valence-electron chi connectivity index (χ4n) is 3.55. The number of benzene rings is 1. The first-order valence-electron chi connectivity index (χ1n) is 9.99. The first kappa shape index (κ1) is 22.0. The third-order valence-electron chi connectivity index (χ3n) is 5.20. The Morgan fingerprint density at radius 3 is 2.57 bits per heavy atom. The van der Waals surface area contributed by atoms with E-state index >= 15 is 0 Å². The lowest BCUT2D eigenvalue weighted by Gasteiger charge is -2.30. The number of carbonyl (C=O) groups excluding carboxylic acids is 1. The van der Waals surface area contributed by atoms with Crippen LogP contribution in [0.4, 0.5) is 17.3 Å². The van der Waals surface area contributed by atoms with Crippen LogP contribution in [0.5, 0.6) is 0 Å². The molecule has 1 aromatic carbocycles. The molecule has 0 saturated heterocycles. The molecule has 1 saturated carbocycles. The number of carbonyl (C=O) groups is 1. The van der Waals surface area contributed by atoms with Gasteiger partial charge in [-0.05, 0) is 37.5 Å². The maximum Gasteiger partial charge on any atom is 0.271 e. The van der Waals surface area contributed by atoms with Gasteiger partial charge in [0.25, 0.3) is 5.91 Å². The van der Waals surface area contributed by atoms with E-state index in [1.807, 2.05) is 6.92 Å². The largest absolute Gasteiger partial charge is 0.364 e. The molecular weight excluding hydrogens is 404 g/mol. The predicted octanol–water partition coefficient (Wildman–Crippen LogP) is 1.97. The Morgan fingerprint density at radius 1 is 1.20 bits per heavy atom. The second-order valence-corrected chi connectivity index (χ2v) is 9.57. The van der Waals surface area contributed by atoms with Gasteiger partial charge in [-0.15, -0.1) is 0 Å². The number of sulfone groups is 1. The van der Waals surface area contributed by atoms with Crippen molar-refractivity contribution in [3.05, 3.63) is 35.7 Å². The molecule has 1 fully saturated rings. The summed E-state index contributed by atoms with van der Waals surface area (Å²) < 4.78 is 23.7. The van der Waals surface area contributed by atoms with E-state index in [-0.39, 0.29) is 28.5 Å². The molecule has 3 rings (SSSR count). The summed E-state index contributed by atoms with van der Waals surface area (Å²) in [6, 6.07) is 6.34. The van der Waals surface area contributed by atoms with Crippen molar-refractivity contribution in [2.75, 3.05) is 16.9 Å². The molecule has 2 aromatic rings. The second kappa shape index (κ2) is 8.97. The number of amides is 1. The van der Waals surface area contributed by atoms with Gasteiger partial charge in [-0.1, -0.05) is 25.8 Å². The fourth-order valence-corrected chi connectivity index (χ4v) is 4.21. The third kappa shape index (κ3) is 5.06. The quantitative estimate of drug-likeness (QED) is 0.518. The number of aromatic nitrogens is 2. The molecule has 30 heavy (non-hydrogen) atoms. The summed E-state index contributed by atoms with van der Waals surface area (Å²) in [6.45, 7) is 1.92. The van der Waals surface area contributed by atoms with Crippen molar-refractivity contribution in [2.24, 2.45) is 11.5 Å². The predicted molar refractivity (Wildman–Crippen MR) is 117 cm³/mol. The molecule has 0 unspecified atom stereocenters. The number of primary amides is 1. The first-order valence-corrected chi connectivity index (χ1v) is 11.9. The normalized spacial score (nSPS) is 19.3. The van der Waals surface area contributed by atoms with Crippen LogP contribution < -0.4 is 22.1 Å². The molecule has 1 aromatic heterocycles. The van der Waals surface area contributed by atoms with Crippen LogP contribution in [0, 0.1) is 0 Å². The molecule has 0 bridgehead atoms. The van der Waals surface area contributed by atoms with Gasteiger partial charge in [-0.2, -0.15) is 0 Å². The van der Waals surface area contributed by atoms with Crippen LogP contribution in [-0.4, -0.2) is 42.6 Å². The summed E-state index contributed by atoms with van der Waals surface area (Å²) in [5.74, 6) is -0.0104. The monoisotopic (exact) mass is 432 g/mol. The summed E-state index contributed by atoms with van der Waals surface area (Å²) in [5, 5.41) is 6.39. The van der Waals surface area contributed by atoms with Crippen molar-refractivity contribution >= 4 is 33.1 Å². The van der Waals surface area contributed by atoms with Crippen molar-refractivity contribution < 1.29 is 13.2 Å². The third-order valence-corrected chi connectivity index (χ3v) is 6.31. The van der Waals surface area contributed by atoms with Crippen molar-refractivity contribution in [2.45, 2.75) is 56.0 Å². The highest BCUT2D eigenvalue weighted by molar-refractivity contribution is 7.90. The molecule has 6 N–H and O–H groups in total. The Morgan fingerprint density at radius 2 is 1.93 bits per heavy atom. The summed E-state index contributed by atoms with van der Waals surface area (Å²) in [4.78, 5) is 21.2. The number of anilines is 3. The molecule has 9 nitrogen and oxygen atoms in total. The van der Waals surface area contributed by atoms with E-state index in [1.165, 1.54) is 12.1 Å². The standard InChI is InChI=1S/C20H28N6O3S/c1-3-15-19(25-16-10-5-4-9-14(16)21)26-20(17(24-15)18(22)27)23-12-7-6-8-13(11-12)30(2,28)29/h6-8,11,14,16H,3-5,9-10,21H2,1-2H3,(H2,22,27)(H2,23,25,26)/t14-,16+/m0/s1. The highest BCUT2D eigenvalue weighted by atomic mass is 32.2. The van der Waals surface area contributed by atoms with Gasteiger partial charge in [0.1, 0.15) is 0 Å². The molecule has 0 radical (unpaired) electrons. The van der Waals surface area contributed by atoms with E-state index in [9.17, 15) is 13.2 Å². The fraction of sp³-hybridized carbons (Fsp3) is 0.450. The van der Waals surface area contributed by atoms with Crippen LogP contribution in [0.3, 0.4) is 0 Å². The number of nitrogens with zero attached hydrogens (tertiary/aromatic N) is 2. The van der Waals surface area contributed by atoms with Gasteiger partial charge in [-0.25, -0.2) is 18.4 Å². The van der Waals surface area contributed by atoms with Gasteiger partial charge in [0.2, 0.25) is 0 Å². The van der Waals surface area contributed by atoms with Crippen LogP contribution >= 0.6 is 0 Å². The minimum atomic E-state index is -3.38. The average Bonchev–Trinajstić information content (AvgIpc) is 2.69. The van der Waals surface area contributed by atoms with Crippen LogP contribution in [0.2, 0.25) is 0 Å². The Kier molecular flexibility index (Phi) is 6.57. The maximum absolute atomic E-state index is 12.0. The van der Waals surface area contributed by atoms with Gasteiger partial charge < -0.3 is 22.1 Å². The zero-order valence-electron chi connectivity index (χ0n) is 17.2. The van der Waals surface area contributed by atoms with Crippen LogP contribution in [0.15, 0.2) is 29.2 Å². The smallest absolute Gasteiger partial charge is 0.271 e. The van der Waals surface area contributed by atoms with Crippen molar-refractivity contribution in [3.8, 4) is 0 Å². The zero-order chi connectivity index (χ0) is 21.9. The molecule has 1 aliphatic carbocycles. The molecule has 1 amide bonds. The summed E-state index contributed by atoms with van der Waals surface area (Å²) in [6.07, 6.45) is 5.75. The van der Waals surface area contributed by atoms with E-state index in [0.29, 0.717) is 23.6 Å². The molecule has 10 heteroatoms. The van der Waals surface area contributed by atoms with Crippen molar-refractivity contribution in [3.63, 3.8) is 0 Å². The highest BCUT2D eigenvalue weighted by Gasteiger charge is 2.24. The Bertz CT molecular complexity index is 1040. The Hall–Kier alpha value is -2.72. The number of hydrogen-bond acceptors (Lipinski definition) is 8. The topological polar surface area (TPSA) is 153 Å². The van der Waals surface area contributed by atoms with Crippen LogP contribution in [0.25, 0.3) is 0 Å². The lowest BCUT2D eigenvalue weighted by atomic mass is 9.91. The van der Waals surface area contributed by atoms with Crippen LogP contribution in [0.1, 0.15) is 48.8 Å². The number of aryl methyl sites for hydroxylation is 1. The molecule has 0 spiro atoms. The number of nitrogens with two attached hydrogens (primary N) is 2. The minimum Gasteiger partial charge on any atom is -0.364 e. The first-order chi connectivity index (χ1) is 14.2. The second-order valence-electron chi connectivity index (χ2n) is 7.56. The van der Waals surface area contributed by atoms with Gasteiger partial charge in [0.15, 0.2) is 27.2 Å². The number of hydrogen-bond donors (Lipinski definition) is 4. The lowest BCUT2D eigenvalue weighted by Crippen LogP contribution is -2.43. The van der Waals surface area contributed by atoms with E-state index in [0.717, 1.165) is 31.9 Å². The van der Waals surface area contributed by atoms with E-state index in [2.05, 4.69) is 20.6 Å². The van der Waals surface area contributed by atoms with Gasteiger partial charge in [0, 0.05) is 24.0 Å². The van der Waals surface area contributed by atoms with Gasteiger partial charge in [-0.3, -0.25) is 4.79 Å². The molecular formula is C20H28N6O3S. The number of nitrogens with one attached hydrogen (secondary N) is 2. The van der Waals surface area contributed by atoms with Gasteiger partial charge in [0.05, 0.1) is 10.6 Å². The van der Waals surface area contributed by atoms with Crippen molar-refractivity contribution in [1.82, 2.24) is 9.97 Å². The SMILES string of the molecule is CCc1nc(C(N)=O)c(Nc2cccc(S(C)(=O)=O)c2)nc1N[C@@H]1CCCC[C@@H]1N. The highest BCUT2D eigenvalue weighted by Crippen LogP contribution is 2.26. The van der Waals surface area contributed by atoms with Gasteiger partial charge >= 0.3 is 0 Å². The summed E-state index contributed by atoms with van der Waals surface area (Å²) in [5.41, 5.74) is 12.9. The molecule has 162 valence electrons. The average molecular weight is 433 g/mol. The molecule has 1 aliphatic rings. The van der Waals surface area contributed by atoms with Crippen LogP contribution in [-0.2, 0) is 16.3 Å². The van der Waals surface area contributed by atoms with Crippen molar-refractivity contribution in [1.29, 1.82) is 0 Å². The minimum absolute atomic E-state index is 0.00454. The zero-order valence-corrected chi connectivity index (χ0v) is 18.0.